The molecule has 2 unspecified atom stereocenters. The van der Waals surface area contributed by atoms with Crippen LogP contribution in [0.4, 0.5) is 0 Å². The number of hydroxylamine groups is 1. The van der Waals surface area contributed by atoms with Crippen molar-refractivity contribution < 1.29 is 18.4 Å². The molecule has 164 valence electrons. The van der Waals surface area contributed by atoms with E-state index in [1.165, 1.54) is 6.20 Å². The first-order valence-electron chi connectivity index (χ1n) is 9.80. The Labute approximate surface area is 189 Å². The Hall–Kier alpha value is -3.11. The molecule has 2 atom stereocenters. The molecule has 1 amide bonds. The van der Waals surface area contributed by atoms with Crippen LogP contribution in [0.5, 0.6) is 0 Å². The van der Waals surface area contributed by atoms with Crippen LogP contribution in [-0.2, 0) is 20.4 Å². The summed E-state index contributed by atoms with van der Waals surface area (Å²) in [6.07, 6.45) is 3.00. The van der Waals surface area contributed by atoms with Gasteiger partial charge in [-0.3, -0.25) is 20.3 Å². The number of hydrogen-bond acceptors (Lipinski definition) is 7. The van der Waals surface area contributed by atoms with Gasteiger partial charge in [-0.1, -0.05) is 42.5 Å². The van der Waals surface area contributed by atoms with Crippen molar-refractivity contribution in [3.8, 4) is 0 Å². The van der Waals surface area contributed by atoms with Crippen LogP contribution in [-0.4, -0.2) is 24.5 Å². The third-order valence-corrected chi connectivity index (χ3v) is 7.81. The summed E-state index contributed by atoms with van der Waals surface area (Å²) in [5.74, 6) is -0.992. The van der Waals surface area contributed by atoms with Crippen LogP contribution in [0.1, 0.15) is 28.1 Å². The summed E-state index contributed by atoms with van der Waals surface area (Å²) in [5.41, 5.74) is 3.19. The molecule has 2 aromatic carbocycles. The largest absolute Gasteiger partial charge is 0.289 e. The maximum Gasteiger partial charge on any atom is 0.265 e. The number of pyridine rings is 1. The standard InChI is InChI=1S/C23H21N3O4S2/c27-22(26-28)21(17-5-2-1-3-6-17)25-23(19-7-4-11-24-14-19)32(29,30)15-16-8-9-20-18(13-16)10-12-31-20/h1-14,21,23,25,28H,15H2,(H,26,27). The highest BCUT2D eigenvalue weighted by Gasteiger charge is 2.33. The molecule has 3 N–H and O–H groups in total. The van der Waals surface area contributed by atoms with E-state index in [0.717, 1.165) is 10.1 Å². The SMILES string of the molecule is O=C(NO)C(NC(c1cccnc1)S(=O)(=O)Cc1ccc2sccc2c1)c1ccccc1. The van der Waals surface area contributed by atoms with E-state index < -0.39 is 27.2 Å². The molecule has 4 rings (SSSR count). The smallest absolute Gasteiger partial charge is 0.265 e. The molecule has 32 heavy (non-hydrogen) atoms. The van der Waals surface area contributed by atoms with Gasteiger partial charge in [0.15, 0.2) is 9.84 Å². The fourth-order valence-corrected chi connectivity index (χ4v) is 6.02. The number of benzene rings is 2. The first-order chi connectivity index (χ1) is 15.5. The van der Waals surface area contributed by atoms with Crippen LogP contribution in [0.2, 0.25) is 0 Å². The zero-order valence-corrected chi connectivity index (χ0v) is 18.5. The van der Waals surface area contributed by atoms with Crippen LogP contribution in [0.3, 0.4) is 0 Å². The summed E-state index contributed by atoms with van der Waals surface area (Å²) in [6.45, 7) is 0. The predicted molar refractivity (Wildman–Crippen MR) is 124 cm³/mol. The lowest BCUT2D eigenvalue weighted by Gasteiger charge is -2.25. The van der Waals surface area contributed by atoms with Crippen molar-refractivity contribution in [2.24, 2.45) is 0 Å². The molecule has 0 bridgehead atoms. The summed E-state index contributed by atoms with van der Waals surface area (Å²) < 4.78 is 28.2. The summed E-state index contributed by atoms with van der Waals surface area (Å²) in [5, 5.41) is 13.9. The summed E-state index contributed by atoms with van der Waals surface area (Å²) in [6, 6.07) is 18.3. The van der Waals surface area contributed by atoms with Gasteiger partial charge in [0.2, 0.25) is 0 Å². The minimum Gasteiger partial charge on any atom is -0.289 e. The maximum absolute atomic E-state index is 13.6. The van der Waals surface area contributed by atoms with Gasteiger partial charge in [0.25, 0.3) is 5.91 Å². The molecule has 2 aromatic heterocycles. The Balaban J connectivity index is 1.71. The number of amides is 1. The topological polar surface area (TPSA) is 108 Å². The third-order valence-electron chi connectivity index (χ3n) is 5.05. The number of carbonyl (C=O) groups excluding carboxylic acids is 1. The van der Waals surface area contributed by atoms with Gasteiger partial charge in [-0.15, -0.1) is 11.3 Å². The van der Waals surface area contributed by atoms with E-state index in [1.807, 2.05) is 23.6 Å². The van der Waals surface area contributed by atoms with Gasteiger partial charge < -0.3 is 0 Å². The van der Waals surface area contributed by atoms with E-state index in [-0.39, 0.29) is 5.75 Å². The number of aromatic nitrogens is 1. The molecule has 0 aliphatic carbocycles. The highest BCUT2D eigenvalue weighted by Crippen LogP contribution is 2.29. The van der Waals surface area contributed by atoms with Gasteiger partial charge >= 0.3 is 0 Å². The fraction of sp³-hybridized carbons (Fsp3) is 0.130. The number of nitrogens with one attached hydrogen (secondary N) is 2. The van der Waals surface area contributed by atoms with Crippen LogP contribution in [0.15, 0.2) is 84.5 Å². The zero-order valence-electron chi connectivity index (χ0n) is 16.9. The second-order valence-corrected chi connectivity index (χ2v) is 10.3. The predicted octanol–water partition coefficient (Wildman–Crippen LogP) is 3.75. The van der Waals surface area contributed by atoms with Crippen molar-refractivity contribution in [2.75, 3.05) is 0 Å². The van der Waals surface area contributed by atoms with Crippen LogP contribution in [0, 0.1) is 0 Å². The van der Waals surface area contributed by atoms with E-state index in [1.54, 1.807) is 71.5 Å². The van der Waals surface area contributed by atoms with Gasteiger partial charge in [-0.05, 0) is 46.2 Å². The lowest BCUT2D eigenvalue weighted by Crippen LogP contribution is -2.40. The quantitative estimate of drug-likeness (QED) is 0.269. The number of carbonyl (C=O) groups is 1. The summed E-state index contributed by atoms with van der Waals surface area (Å²) in [4.78, 5) is 16.5. The number of nitrogens with zero attached hydrogens (tertiary/aromatic N) is 1. The zero-order chi connectivity index (χ0) is 22.6. The Morgan fingerprint density at radius 1 is 1.03 bits per heavy atom. The second-order valence-electron chi connectivity index (χ2n) is 7.25. The van der Waals surface area contributed by atoms with E-state index in [2.05, 4.69) is 10.3 Å². The summed E-state index contributed by atoms with van der Waals surface area (Å²) in [7, 11) is -3.83. The molecule has 0 radical (unpaired) electrons. The van der Waals surface area contributed by atoms with Crippen LogP contribution < -0.4 is 10.8 Å². The van der Waals surface area contributed by atoms with Gasteiger partial charge in [0.1, 0.15) is 11.4 Å². The van der Waals surface area contributed by atoms with Gasteiger partial charge in [-0.2, -0.15) is 0 Å². The minimum absolute atomic E-state index is 0.229. The first kappa shape index (κ1) is 22.1. The van der Waals surface area contributed by atoms with Gasteiger partial charge in [0.05, 0.1) is 5.75 Å². The molecule has 4 aromatic rings. The molecule has 0 saturated heterocycles. The van der Waals surface area contributed by atoms with Crippen molar-refractivity contribution in [1.29, 1.82) is 0 Å². The third kappa shape index (κ3) is 4.86. The highest BCUT2D eigenvalue weighted by atomic mass is 32.2. The van der Waals surface area contributed by atoms with Crippen molar-refractivity contribution in [1.82, 2.24) is 15.8 Å². The second kappa shape index (κ2) is 9.58. The van der Waals surface area contributed by atoms with Crippen LogP contribution >= 0.6 is 11.3 Å². The molecular formula is C23H21N3O4S2. The minimum atomic E-state index is -3.83. The Bertz CT molecular complexity index is 1310. The van der Waals surface area contributed by atoms with E-state index >= 15 is 0 Å². The van der Waals surface area contributed by atoms with Gasteiger partial charge in [0, 0.05) is 22.7 Å². The lowest BCUT2D eigenvalue weighted by atomic mass is 10.1. The van der Waals surface area contributed by atoms with Gasteiger partial charge in [-0.25, -0.2) is 13.9 Å². The Morgan fingerprint density at radius 2 is 1.81 bits per heavy atom. The average Bonchev–Trinajstić information content (AvgIpc) is 3.28. The first-order valence-corrected chi connectivity index (χ1v) is 12.4. The number of sulfone groups is 1. The monoisotopic (exact) mass is 467 g/mol. The lowest BCUT2D eigenvalue weighted by molar-refractivity contribution is -0.131. The fourth-order valence-electron chi connectivity index (χ4n) is 3.54. The average molecular weight is 468 g/mol. The van der Waals surface area contributed by atoms with Crippen molar-refractivity contribution >= 4 is 37.2 Å². The number of rotatable bonds is 8. The van der Waals surface area contributed by atoms with E-state index in [0.29, 0.717) is 16.7 Å². The molecular weight excluding hydrogens is 446 g/mol. The van der Waals surface area contributed by atoms with Crippen molar-refractivity contribution in [3.63, 3.8) is 0 Å². The maximum atomic E-state index is 13.6. The molecule has 0 aliphatic rings. The number of hydrogen-bond donors (Lipinski definition) is 3. The van der Waals surface area contributed by atoms with Crippen molar-refractivity contribution in [3.05, 3.63) is 101 Å². The van der Waals surface area contributed by atoms with E-state index in [4.69, 9.17) is 0 Å². The molecule has 0 fully saturated rings. The summed E-state index contributed by atoms with van der Waals surface area (Å²) >= 11 is 1.59. The Morgan fingerprint density at radius 3 is 2.53 bits per heavy atom. The molecule has 2 heterocycles. The molecule has 0 aliphatic heterocycles. The normalized spacial score (nSPS) is 13.5. The number of thiophene rings is 1. The number of fused-ring (bicyclic) bond motifs is 1. The Kier molecular flexibility index (Phi) is 6.61. The van der Waals surface area contributed by atoms with E-state index in [9.17, 15) is 18.4 Å². The molecule has 9 heteroatoms. The van der Waals surface area contributed by atoms with Crippen LogP contribution in [0.25, 0.3) is 10.1 Å². The highest BCUT2D eigenvalue weighted by molar-refractivity contribution is 7.90. The van der Waals surface area contributed by atoms with Crippen molar-refractivity contribution in [2.45, 2.75) is 17.2 Å². The molecule has 0 spiro atoms. The molecule has 0 saturated carbocycles. The molecule has 7 nitrogen and oxygen atoms in total.